The van der Waals surface area contributed by atoms with Gasteiger partial charge in [-0.25, -0.2) is 9.37 Å². The van der Waals surface area contributed by atoms with Gasteiger partial charge in [-0.15, -0.1) is 5.10 Å². The fourth-order valence-electron chi connectivity index (χ4n) is 3.29. The quantitative estimate of drug-likeness (QED) is 0.653. The summed E-state index contributed by atoms with van der Waals surface area (Å²) in [6, 6.07) is 5.87. The summed E-state index contributed by atoms with van der Waals surface area (Å²) in [6.45, 7) is 0.710. The average molecular weight is 423 g/mol. The maximum Gasteiger partial charge on any atom is 0.417 e. The summed E-state index contributed by atoms with van der Waals surface area (Å²) in [5.41, 5.74) is -0.301. The van der Waals surface area contributed by atoms with Gasteiger partial charge in [0, 0.05) is 24.9 Å². The van der Waals surface area contributed by atoms with Gasteiger partial charge in [0.25, 0.3) is 5.91 Å². The van der Waals surface area contributed by atoms with Crippen molar-refractivity contribution in [2.45, 2.75) is 25.1 Å². The SMILES string of the molecule is O=C(c1ccc(F)cc1-n1nc[nH]1)N1CCC[C@@H](Oc2ccc(C(F)(F)F)cn2)C1. The number of ether oxygens (including phenoxy) is 1. The minimum Gasteiger partial charge on any atom is -0.472 e. The molecule has 11 heteroatoms. The Hall–Kier alpha value is -3.37. The fraction of sp³-hybridized carbons (Fsp3) is 0.316. The molecule has 1 aliphatic rings. The van der Waals surface area contributed by atoms with Crippen LogP contribution in [0.2, 0.25) is 0 Å². The highest BCUT2D eigenvalue weighted by Gasteiger charge is 2.31. The second-order valence-corrected chi connectivity index (χ2v) is 6.86. The predicted octanol–water partition coefficient (Wildman–Crippen LogP) is 3.44. The third kappa shape index (κ3) is 4.14. The molecule has 4 rings (SSSR count). The van der Waals surface area contributed by atoms with E-state index in [1.807, 2.05) is 0 Å². The van der Waals surface area contributed by atoms with Gasteiger partial charge in [-0.2, -0.15) is 18.0 Å². The molecule has 1 amide bonds. The van der Waals surface area contributed by atoms with Gasteiger partial charge in [-0.1, -0.05) is 0 Å². The molecule has 2 aromatic heterocycles. The number of carbonyl (C=O) groups excluding carboxylic acids is 1. The lowest BCUT2D eigenvalue weighted by atomic mass is 10.1. The molecule has 1 fully saturated rings. The minimum atomic E-state index is -4.47. The number of hydrogen-bond donors (Lipinski definition) is 1. The molecule has 1 aromatic carbocycles. The lowest BCUT2D eigenvalue weighted by Gasteiger charge is -2.33. The molecule has 3 aromatic rings. The van der Waals surface area contributed by atoms with Crippen molar-refractivity contribution < 1.29 is 27.1 Å². The van der Waals surface area contributed by atoms with Crippen molar-refractivity contribution in [1.29, 1.82) is 0 Å². The fourth-order valence-corrected chi connectivity index (χ4v) is 3.29. The molecule has 1 aliphatic heterocycles. The lowest BCUT2D eigenvalue weighted by molar-refractivity contribution is -0.137. The first-order valence-electron chi connectivity index (χ1n) is 9.19. The van der Waals surface area contributed by atoms with E-state index in [1.54, 1.807) is 4.90 Å². The second-order valence-electron chi connectivity index (χ2n) is 6.86. The van der Waals surface area contributed by atoms with Crippen molar-refractivity contribution in [3.05, 3.63) is 59.8 Å². The van der Waals surface area contributed by atoms with Gasteiger partial charge in [0.15, 0.2) is 0 Å². The Bertz CT molecular complexity index is 1020. The van der Waals surface area contributed by atoms with Crippen molar-refractivity contribution in [2.75, 3.05) is 13.1 Å². The zero-order chi connectivity index (χ0) is 21.3. The van der Waals surface area contributed by atoms with Crippen LogP contribution in [0.5, 0.6) is 5.88 Å². The van der Waals surface area contributed by atoms with Crippen LogP contribution >= 0.6 is 0 Å². The molecule has 0 unspecified atom stereocenters. The number of alkyl halides is 3. The van der Waals surface area contributed by atoms with E-state index in [4.69, 9.17) is 4.74 Å². The summed E-state index contributed by atoms with van der Waals surface area (Å²) in [5, 5.41) is 6.65. The first-order valence-corrected chi connectivity index (χ1v) is 9.19. The van der Waals surface area contributed by atoms with Gasteiger partial charge in [0.05, 0.1) is 23.4 Å². The Morgan fingerprint density at radius 1 is 1.23 bits per heavy atom. The van der Waals surface area contributed by atoms with E-state index in [0.717, 1.165) is 12.1 Å². The van der Waals surface area contributed by atoms with E-state index in [0.29, 0.717) is 25.6 Å². The lowest BCUT2D eigenvalue weighted by Crippen LogP contribution is -2.44. The predicted molar refractivity (Wildman–Crippen MR) is 96.7 cm³/mol. The zero-order valence-electron chi connectivity index (χ0n) is 15.6. The van der Waals surface area contributed by atoms with E-state index in [9.17, 15) is 22.4 Å². The molecular weight excluding hydrogens is 406 g/mol. The van der Waals surface area contributed by atoms with E-state index in [-0.39, 0.29) is 29.6 Å². The van der Waals surface area contributed by atoms with E-state index in [2.05, 4.69) is 15.2 Å². The molecular formula is C19H17F4N5O2. The van der Waals surface area contributed by atoms with Crippen LogP contribution in [0.1, 0.15) is 28.8 Å². The number of likely N-dealkylation sites (tertiary alicyclic amines) is 1. The van der Waals surface area contributed by atoms with Gasteiger partial charge < -0.3 is 9.64 Å². The normalized spacial score (nSPS) is 17.2. The number of nitrogens with zero attached hydrogens (tertiary/aromatic N) is 4. The van der Waals surface area contributed by atoms with Crippen molar-refractivity contribution >= 4 is 5.91 Å². The third-order valence-electron chi connectivity index (χ3n) is 4.79. The molecule has 1 atom stereocenters. The number of hydrogen-bond acceptors (Lipinski definition) is 4. The highest BCUT2D eigenvalue weighted by Crippen LogP contribution is 2.29. The van der Waals surface area contributed by atoms with Crippen LogP contribution in [0.15, 0.2) is 42.9 Å². The van der Waals surface area contributed by atoms with Gasteiger partial charge in [0.1, 0.15) is 18.2 Å². The topological polar surface area (TPSA) is 76.0 Å². The van der Waals surface area contributed by atoms with Crippen molar-refractivity contribution in [3.63, 3.8) is 0 Å². The van der Waals surface area contributed by atoms with Crippen LogP contribution in [0.25, 0.3) is 5.69 Å². The Kier molecular flexibility index (Phi) is 5.18. The molecule has 3 heterocycles. The monoisotopic (exact) mass is 423 g/mol. The first kappa shape index (κ1) is 19.9. The summed E-state index contributed by atoms with van der Waals surface area (Å²) < 4.78 is 57.3. The number of rotatable bonds is 4. The minimum absolute atomic E-state index is 0.0592. The van der Waals surface area contributed by atoms with Gasteiger partial charge in [0.2, 0.25) is 5.88 Å². The van der Waals surface area contributed by atoms with Gasteiger partial charge in [-0.05, 0) is 31.0 Å². The Morgan fingerprint density at radius 3 is 2.67 bits per heavy atom. The summed E-state index contributed by atoms with van der Waals surface area (Å²) in [7, 11) is 0. The number of pyridine rings is 1. The van der Waals surface area contributed by atoms with E-state index < -0.39 is 23.7 Å². The van der Waals surface area contributed by atoms with Crippen LogP contribution < -0.4 is 4.74 Å². The standard InChI is InChI=1S/C19H17F4N5O2/c20-13-4-5-15(16(8-13)28-25-11-26-28)18(29)27-7-1-2-14(10-27)30-17-6-3-12(9-24-17)19(21,22)23/h3-6,8-9,11,14H,1-2,7,10H2,(H,25,26)/t14-/m1/s1. The van der Waals surface area contributed by atoms with Crippen LogP contribution in [-0.4, -0.2) is 50.0 Å². The molecule has 1 N–H and O–H groups in total. The maximum absolute atomic E-state index is 13.7. The van der Waals surface area contributed by atoms with Crippen LogP contribution in [-0.2, 0) is 6.18 Å². The number of H-pyrrole nitrogens is 1. The number of aromatic amines is 1. The third-order valence-corrected chi connectivity index (χ3v) is 4.79. The Labute approximate surface area is 168 Å². The van der Waals surface area contributed by atoms with Gasteiger partial charge in [-0.3, -0.25) is 9.89 Å². The number of piperidine rings is 1. The molecule has 1 saturated heterocycles. The summed E-state index contributed by atoms with van der Waals surface area (Å²) in [6.07, 6.45) is -1.50. The summed E-state index contributed by atoms with van der Waals surface area (Å²) in [4.78, 5) is 19.6. The van der Waals surface area contributed by atoms with Crippen LogP contribution in [0.3, 0.4) is 0 Å². The summed E-state index contributed by atoms with van der Waals surface area (Å²) in [5.74, 6) is -0.759. The smallest absolute Gasteiger partial charge is 0.417 e. The van der Waals surface area contributed by atoms with E-state index in [1.165, 1.54) is 29.3 Å². The molecule has 0 bridgehead atoms. The molecule has 158 valence electrons. The number of carbonyl (C=O) groups is 1. The first-order chi connectivity index (χ1) is 14.3. The molecule has 7 nitrogen and oxygen atoms in total. The molecule has 0 saturated carbocycles. The van der Waals surface area contributed by atoms with Crippen LogP contribution in [0, 0.1) is 5.82 Å². The highest BCUT2D eigenvalue weighted by atomic mass is 19.4. The number of amides is 1. The van der Waals surface area contributed by atoms with Crippen molar-refractivity contribution in [1.82, 2.24) is 24.9 Å². The van der Waals surface area contributed by atoms with Crippen LogP contribution in [0.4, 0.5) is 17.6 Å². The zero-order valence-corrected chi connectivity index (χ0v) is 15.6. The number of halogens is 4. The second kappa shape index (κ2) is 7.81. The Balaban J connectivity index is 1.47. The van der Waals surface area contributed by atoms with Gasteiger partial charge >= 0.3 is 6.18 Å². The molecule has 0 spiro atoms. The maximum atomic E-state index is 13.7. The van der Waals surface area contributed by atoms with Crippen molar-refractivity contribution in [2.24, 2.45) is 0 Å². The molecule has 0 radical (unpaired) electrons. The highest BCUT2D eigenvalue weighted by molar-refractivity contribution is 5.97. The summed E-state index contributed by atoms with van der Waals surface area (Å²) >= 11 is 0. The molecule has 30 heavy (non-hydrogen) atoms. The number of aromatic nitrogens is 4. The van der Waals surface area contributed by atoms with E-state index >= 15 is 0 Å². The molecule has 0 aliphatic carbocycles. The largest absolute Gasteiger partial charge is 0.472 e. The Morgan fingerprint density at radius 2 is 2.03 bits per heavy atom. The average Bonchev–Trinajstić information content (AvgIpc) is 2.66. The van der Waals surface area contributed by atoms with Crippen molar-refractivity contribution in [3.8, 4) is 11.6 Å². The number of benzene rings is 1. The number of nitrogens with one attached hydrogen (secondary N) is 1.